The van der Waals surface area contributed by atoms with Crippen molar-refractivity contribution in [1.29, 1.82) is 0 Å². The standard InChI is InChI=1S/C14H11NO3/c1-17-12-7-8(15)6-10-13(12)9-4-2-3-5-11(9)18-14(10)16/h2-7H,15H2,1H3. The van der Waals surface area contributed by atoms with Gasteiger partial charge in [0, 0.05) is 22.5 Å². The van der Waals surface area contributed by atoms with Crippen LogP contribution in [0.2, 0.25) is 0 Å². The molecule has 0 radical (unpaired) electrons. The second-order valence-corrected chi connectivity index (χ2v) is 4.03. The second-order valence-electron chi connectivity index (χ2n) is 4.03. The molecule has 0 saturated carbocycles. The summed E-state index contributed by atoms with van der Waals surface area (Å²) in [6.07, 6.45) is 0. The second kappa shape index (κ2) is 3.77. The van der Waals surface area contributed by atoms with Gasteiger partial charge in [-0.3, -0.25) is 0 Å². The third-order valence-corrected chi connectivity index (χ3v) is 2.92. The van der Waals surface area contributed by atoms with Gasteiger partial charge in [-0.05, 0) is 12.1 Å². The van der Waals surface area contributed by atoms with E-state index >= 15 is 0 Å². The molecule has 1 aromatic heterocycles. The predicted molar refractivity (Wildman–Crippen MR) is 71.0 cm³/mol. The van der Waals surface area contributed by atoms with Crippen molar-refractivity contribution < 1.29 is 9.15 Å². The number of fused-ring (bicyclic) bond motifs is 3. The SMILES string of the molecule is COc1cc(N)cc2c(=O)oc3ccccc3c12. The summed E-state index contributed by atoms with van der Waals surface area (Å²) in [5.41, 5.74) is 6.36. The van der Waals surface area contributed by atoms with Crippen LogP contribution in [0.3, 0.4) is 0 Å². The normalized spacial score (nSPS) is 10.9. The zero-order chi connectivity index (χ0) is 12.7. The van der Waals surface area contributed by atoms with Crippen molar-refractivity contribution in [3.05, 3.63) is 46.8 Å². The Labute approximate surface area is 103 Å². The molecule has 4 nitrogen and oxygen atoms in total. The van der Waals surface area contributed by atoms with Crippen LogP contribution in [0.4, 0.5) is 5.69 Å². The van der Waals surface area contributed by atoms with Gasteiger partial charge in [0.15, 0.2) is 0 Å². The summed E-state index contributed by atoms with van der Waals surface area (Å²) in [6.45, 7) is 0. The highest BCUT2D eigenvalue weighted by Gasteiger charge is 2.12. The van der Waals surface area contributed by atoms with Crippen molar-refractivity contribution in [2.75, 3.05) is 12.8 Å². The highest BCUT2D eigenvalue weighted by molar-refractivity contribution is 6.08. The van der Waals surface area contributed by atoms with Gasteiger partial charge in [-0.25, -0.2) is 4.79 Å². The van der Waals surface area contributed by atoms with Gasteiger partial charge in [-0.2, -0.15) is 0 Å². The van der Waals surface area contributed by atoms with Crippen molar-refractivity contribution in [2.24, 2.45) is 0 Å². The number of benzene rings is 2. The molecule has 0 aliphatic heterocycles. The van der Waals surface area contributed by atoms with Crippen LogP contribution in [0.15, 0.2) is 45.6 Å². The van der Waals surface area contributed by atoms with Gasteiger partial charge in [0.2, 0.25) is 0 Å². The zero-order valence-electron chi connectivity index (χ0n) is 9.77. The van der Waals surface area contributed by atoms with Gasteiger partial charge in [0.1, 0.15) is 11.3 Å². The van der Waals surface area contributed by atoms with E-state index in [1.54, 1.807) is 25.3 Å². The number of hydrogen-bond donors (Lipinski definition) is 1. The van der Waals surface area contributed by atoms with Crippen LogP contribution >= 0.6 is 0 Å². The zero-order valence-corrected chi connectivity index (χ0v) is 9.77. The lowest BCUT2D eigenvalue weighted by Crippen LogP contribution is -2.02. The average Bonchev–Trinajstić information content (AvgIpc) is 2.38. The highest BCUT2D eigenvalue weighted by Crippen LogP contribution is 2.32. The number of para-hydroxylation sites is 1. The molecule has 2 N–H and O–H groups in total. The van der Waals surface area contributed by atoms with E-state index in [2.05, 4.69) is 0 Å². The molecule has 18 heavy (non-hydrogen) atoms. The number of methoxy groups -OCH3 is 1. The molecular formula is C14H11NO3. The molecular weight excluding hydrogens is 230 g/mol. The number of nitrogens with two attached hydrogens (primary N) is 1. The van der Waals surface area contributed by atoms with Crippen LogP contribution < -0.4 is 16.1 Å². The first-order valence-corrected chi connectivity index (χ1v) is 5.50. The fourth-order valence-corrected chi connectivity index (χ4v) is 2.15. The van der Waals surface area contributed by atoms with E-state index in [9.17, 15) is 4.79 Å². The highest BCUT2D eigenvalue weighted by atomic mass is 16.5. The lowest BCUT2D eigenvalue weighted by Gasteiger charge is -2.08. The topological polar surface area (TPSA) is 65.5 Å². The molecule has 0 unspecified atom stereocenters. The quantitative estimate of drug-likeness (QED) is 0.404. The van der Waals surface area contributed by atoms with Crippen molar-refractivity contribution in [1.82, 2.24) is 0 Å². The molecule has 2 aromatic carbocycles. The van der Waals surface area contributed by atoms with Gasteiger partial charge >= 0.3 is 5.63 Å². The van der Waals surface area contributed by atoms with Gasteiger partial charge < -0.3 is 14.9 Å². The number of hydrogen-bond acceptors (Lipinski definition) is 4. The average molecular weight is 241 g/mol. The third-order valence-electron chi connectivity index (χ3n) is 2.92. The van der Waals surface area contributed by atoms with E-state index in [0.29, 0.717) is 22.4 Å². The molecule has 3 aromatic rings. The molecule has 0 bridgehead atoms. The van der Waals surface area contributed by atoms with Crippen molar-refractivity contribution in [3.8, 4) is 5.75 Å². The van der Waals surface area contributed by atoms with Crippen LogP contribution in [0, 0.1) is 0 Å². The summed E-state index contributed by atoms with van der Waals surface area (Å²) in [7, 11) is 1.55. The fourth-order valence-electron chi connectivity index (χ4n) is 2.15. The van der Waals surface area contributed by atoms with E-state index in [1.807, 2.05) is 18.2 Å². The van der Waals surface area contributed by atoms with E-state index in [-0.39, 0.29) is 0 Å². The molecule has 0 saturated heterocycles. The molecule has 3 rings (SSSR count). The van der Waals surface area contributed by atoms with Crippen molar-refractivity contribution in [2.45, 2.75) is 0 Å². The van der Waals surface area contributed by atoms with Gasteiger partial charge in [-0.15, -0.1) is 0 Å². The maximum absolute atomic E-state index is 11.9. The first kappa shape index (κ1) is 10.7. The van der Waals surface area contributed by atoms with E-state index < -0.39 is 5.63 Å². The first-order valence-electron chi connectivity index (χ1n) is 5.50. The minimum atomic E-state index is -0.408. The largest absolute Gasteiger partial charge is 0.496 e. The van der Waals surface area contributed by atoms with Gasteiger partial charge in [0.25, 0.3) is 0 Å². The van der Waals surface area contributed by atoms with Crippen LogP contribution in [0.25, 0.3) is 21.7 Å². The number of nitrogen functional groups attached to an aromatic ring is 1. The molecule has 0 atom stereocenters. The Morgan fingerprint density at radius 1 is 1.17 bits per heavy atom. The monoisotopic (exact) mass is 241 g/mol. The van der Waals surface area contributed by atoms with E-state index in [0.717, 1.165) is 10.8 Å². The summed E-state index contributed by atoms with van der Waals surface area (Å²) < 4.78 is 10.6. The van der Waals surface area contributed by atoms with E-state index in [1.165, 1.54) is 0 Å². The maximum atomic E-state index is 11.9. The summed E-state index contributed by atoms with van der Waals surface area (Å²) >= 11 is 0. The molecule has 1 heterocycles. The summed E-state index contributed by atoms with van der Waals surface area (Å²) in [6, 6.07) is 10.7. The third kappa shape index (κ3) is 1.43. The Hall–Kier alpha value is -2.49. The number of ether oxygens (including phenoxy) is 1. The molecule has 0 amide bonds. The van der Waals surface area contributed by atoms with Gasteiger partial charge in [-0.1, -0.05) is 18.2 Å². The predicted octanol–water partition coefficient (Wildman–Crippen LogP) is 2.54. The number of rotatable bonds is 1. The van der Waals surface area contributed by atoms with Crippen LogP contribution in [0.5, 0.6) is 5.75 Å². The first-order chi connectivity index (χ1) is 8.70. The van der Waals surface area contributed by atoms with Crippen molar-refractivity contribution >= 4 is 27.4 Å². The Balaban J connectivity index is 2.66. The minimum Gasteiger partial charge on any atom is -0.496 e. The molecule has 0 aliphatic rings. The summed E-state index contributed by atoms with van der Waals surface area (Å²) in [4.78, 5) is 11.9. The van der Waals surface area contributed by atoms with Crippen molar-refractivity contribution in [3.63, 3.8) is 0 Å². The smallest absolute Gasteiger partial charge is 0.344 e. The molecule has 0 fully saturated rings. The minimum absolute atomic E-state index is 0.408. The van der Waals surface area contributed by atoms with Crippen LogP contribution in [-0.2, 0) is 0 Å². The Morgan fingerprint density at radius 2 is 1.94 bits per heavy atom. The molecule has 90 valence electrons. The van der Waals surface area contributed by atoms with Crippen LogP contribution in [-0.4, -0.2) is 7.11 Å². The Kier molecular flexibility index (Phi) is 2.23. The summed E-state index contributed by atoms with van der Waals surface area (Å²) in [5.74, 6) is 0.578. The lowest BCUT2D eigenvalue weighted by molar-refractivity contribution is 0.420. The Bertz CT molecular complexity index is 805. The maximum Gasteiger partial charge on any atom is 0.344 e. The van der Waals surface area contributed by atoms with Crippen LogP contribution in [0.1, 0.15) is 0 Å². The fraction of sp³-hybridized carbons (Fsp3) is 0.0714. The molecule has 4 heteroatoms. The lowest BCUT2D eigenvalue weighted by atomic mass is 10.1. The number of anilines is 1. The summed E-state index contributed by atoms with van der Waals surface area (Å²) in [5, 5.41) is 2.01. The molecule has 0 aliphatic carbocycles. The van der Waals surface area contributed by atoms with E-state index in [4.69, 9.17) is 14.9 Å². The molecule has 0 spiro atoms. The van der Waals surface area contributed by atoms with Gasteiger partial charge in [0.05, 0.1) is 12.5 Å². The Morgan fingerprint density at radius 3 is 2.72 bits per heavy atom.